The van der Waals surface area contributed by atoms with Gasteiger partial charge in [-0.15, -0.1) is 0 Å². The normalized spacial score (nSPS) is 11.7. The Morgan fingerprint density at radius 1 is 0.952 bits per heavy atom. The summed E-state index contributed by atoms with van der Waals surface area (Å²) < 4.78 is 23.1. The second-order valence-electron chi connectivity index (χ2n) is 4.73. The number of hydrogen-bond acceptors (Lipinski definition) is 4. The lowest BCUT2D eigenvalue weighted by Crippen LogP contribution is -2.46. The lowest BCUT2D eigenvalue weighted by molar-refractivity contribution is 0.0714. The molecule has 0 bridgehead atoms. The van der Waals surface area contributed by atoms with Crippen molar-refractivity contribution < 1.29 is 18.0 Å². The van der Waals surface area contributed by atoms with Gasteiger partial charge in [0.25, 0.3) is 0 Å². The molecule has 0 heterocycles. The molecule has 0 aliphatic rings. The SMILES string of the molecule is CCO[Si](CCc1cccc(OC)c1C)(OCC)OCC. The zero-order valence-electron chi connectivity index (χ0n) is 13.9. The Kier molecular flexibility index (Phi) is 7.96. The average molecular weight is 312 g/mol. The van der Waals surface area contributed by atoms with Gasteiger partial charge in [0.1, 0.15) is 5.75 Å². The quantitative estimate of drug-likeness (QED) is 0.619. The lowest BCUT2D eigenvalue weighted by atomic mass is 10.1. The number of benzene rings is 1. The largest absolute Gasteiger partial charge is 0.501 e. The highest BCUT2D eigenvalue weighted by Gasteiger charge is 2.39. The molecule has 0 radical (unpaired) electrons. The van der Waals surface area contributed by atoms with Crippen LogP contribution < -0.4 is 4.74 Å². The van der Waals surface area contributed by atoms with E-state index in [0.717, 1.165) is 18.2 Å². The number of ether oxygens (including phenoxy) is 1. The van der Waals surface area contributed by atoms with Crippen molar-refractivity contribution in [1.29, 1.82) is 0 Å². The minimum atomic E-state index is -2.57. The van der Waals surface area contributed by atoms with E-state index < -0.39 is 8.80 Å². The van der Waals surface area contributed by atoms with E-state index in [1.54, 1.807) is 7.11 Å². The first-order chi connectivity index (χ1) is 10.1. The van der Waals surface area contributed by atoms with Gasteiger partial charge in [-0.2, -0.15) is 0 Å². The first-order valence-electron chi connectivity index (χ1n) is 7.66. The highest BCUT2D eigenvalue weighted by atomic mass is 28.4. The van der Waals surface area contributed by atoms with Gasteiger partial charge in [-0.1, -0.05) is 12.1 Å². The zero-order valence-corrected chi connectivity index (χ0v) is 14.9. The van der Waals surface area contributed by atoms with Crippen molar-refractivity contribution in [3.63, 3.8) is 0 Å². The Balaban J connectivity index is 2.85. The maximum Gasteiger partial charge on any atom is 0.501 e. The van der Waals surface area contributed by atoms with Gasteiger partial charge in [-0.05, 0) is 51.3 Å². The molecule has 120 valence electrons. The number of aryl methyl sites for hydroxylation is 1. The minimum absolute atomic E-state index is 0.614. The van der Waals surface area contributed by atoms with Gasteiger partial charge in [-0.25, -0.2) is 0 Å². The average Bonchev–Trinajstić information content (AvgIpc) is 2.47. The summed E-state index contributed by atoms with van der Waals surface area (Å²) in [6.45, 7) is 9.87. The van der Waals surface area contributed by atoms with Crippen LogP contribution in [-0.4, -0.2) is 35.7 Å². The molecular weight excluding hydrogens is 284 g/mol. The van der Waals surface area contributed by atoms with Crippen LogP contribution in [0.25, 0.3) is 0 Å². The lowest BCUT2D eigenvalue weighted by Gasteiger charge is -2.28. The standard InChI is InChI=1S/C16H28O4Si/c1-6-18-21(19-7-2,20-8-3)13-12-15-10-9-11-16(17-5)14(15)4/h9-11H,6-8,12-13H2,1-5H3. The van der Waals surface area contributed by atoms with Crippen LogP contribution in [-0.2, 0) is 19.7 Å². The van der Waals surface area contributed by atoms with Crippen molar-refractivity contribution in [1.82, 2.24) is 0 Å². The number of methoxy groups -OCH3 is 1. The molecule has 0 saturated heterocycles. The predicted octanol–water partition coefficient (Wildman–Crippen LogP) is 3.59. The monoisotopic (exact) mass is 312 g/mol. The Morgan fingerprint density at radius 3 is 2.00 bits per heavy atom. The molecule has 0 spiro atoms. The third-order valence-corrected chi connectivity index (χ3v) is 6.46. The van der Waals surface area contributed by atoms with Crippen LogP contribution in [0, 0.1) is 6.92 Å². The first kappa shape index (κ1) is 18.2. The van der Waals surface area contributed by atoms with Crippen LogP contribution in [0.3, 0.4) is 0 Å². The first-order valence-corrected chi connectivity index (χ1v) is 9.60. The zero-order chi connectivity index (χ0) is 15.7. The Morgan fingerprint density at radius 2 is 1.52 bits per heavy atom. The summed E-state index contributed by atoms with van der Waals surface area (Å²) in [4.78, 5) is 0. The van der Waals surface area contributed by atoms with Crippen LogP contribution in [0.15, 0.2) is 18.2 Å². The van der Waals surface area contributed by atoms with Gasteiger partial charge in [0.05, 0.1) is 7.11 Å². The minimum Gasteiger partial charge on any atom is -0.496 e. The molecule has 1 rings (SSSR count). The molecule has 4 nitrogen and oxygen atoms in total. The van der Waals surface area contributed by atoms with Crippen LogP contribution in [0.1, 0.15) is 31.9 Å². The van der Waals surface area contributed by atoms with Gasteiger partial charge in [0.15, 0.2) is 0 Å². The summed E-state index contributed by atoms with van der Waals surface area (Å²) in [6.07, 6.45) is 0.870. The topological polar surface area (TPSA) is 36.9 Å². The molecule has 0 aliphatic heterocycles. The Bertz CT molecular complexity index is 406. The predicted molar refractivity (Wildman–Crippen MR) is 86.9 cm³/mol. The van der Waals surface area contributed by atoms with Crippen molar-refractivity contribution in [2.45, 2.75) is 40.2 Å². The van der Waals surface area contributed by atoms with Crippen molar-refractivity contribution in [2.75, 3.05) is 26.9 Å². The summed E-state index contributed by atoms with van der Waals surface area (Å²) in [6, 6.07) is 6.92. The van der Waals surface area contributed by atoms with E-state index in [1.165, 1.54) is 11.1 Å². The van der Waals surface area contributed by atoms with Crippen molar-refractivity contribution in [2.24, 2.45) is 0 Å². The number of hydrogen-bond donors (Lipinski definition) is 0. The summed E-state index contributed by atoms with van der Waals surface area (Å²) >= 11 is 0. The van der Waals surface area contributed by atoms with Gasteiger partial charge >= 0.3 is 8.80 Å². The summed E-state index contributed by atoms with van der Waals surface area (Å²) in [5.74, 6) is 0.920. The van der Waals surface area contributed by atoms with E-state index in [9.17, 15) is 0 Å². The maximum absolute atomic E-state index is 5.89. The molecular formula is C16H28O4Si. The smallest absolute Gasteiger partial charge is 0.496 e. The molecule has 0 aromatic heterocycles. The van der Waals surface area contributed by atoms with E-state index in [4.69, 9.17) is 18.0 Å². The Hall–Kier alpha value is -0.883. The fourth-order valence-corrected chi connectivity index (χ4v) is 5.02. The van der Waals surface area contributed by atoms with Gasteiger partial charge in [0, 0.05) is 25.9 Å². The Labute approximate surface area is 129 Å². The second-order valence-corrected chi connectivity index (χ2v) is 7.46. The second kappa shape index (κ2) is 9.20. The van der Waals surface area contributed by atoms with Gasteiger partial charge < -0.3 is 18.0 Å². The third kappa shape index (κ3) is 5.11. The van der Waals surface area contributed by atoms with Crippen molar-refractivity contribution in [3.8, 4) is 5.75 Å². The molecule has 0 aliphatic carbocycles. The summed E-state index contributed by atoms with van der Waals surface area (Å²) in [7, 11) is -0.869. The summed E-state index contributed by atoms with van der Waals surface area (Å²) in [5.41, 5.74) is 2.43. The molecule has 1 aromatic rings. The molecule has 0 amide bonds. The molecule has 1 aromatic carbocycles. The van der Waals surface area contributed by atoms with E-state index in [1.807, 2.05) is 32.9 Å². The molecule has 0 unspecified atom stereocenters. The van der Waals surface area contributed by atoms with E-state index in [0.29, 0.717) is 19.8 Å². The van der Waals surface area contributed by atoms with Crippen LogP contribution >= 0.6 is 0 Å². The summed E-state index contributed by atoms with van der Waals surface area (Å²) in [5, 5.41) is 0. The third-order valence-electron chi connectivity index (χ3n) is 3.41. The highest BCUT2D eigenvalue weighted by Crippen LogP contribution is 2.25. The van der Waals surface area contributed by atoms with Gasteiger partial charge in [-0.3, -0.25) is 0 Å². The van der Waals surface area contributed by atoms with E-state index >= 15 is 0 Å². The van der Waals surface area contributed by atoms with Crippen LogP contribution in [0.4, 0.5) is 0 Å². The van der Waals surface area contributed by atoms with Crippen molar-refractivity contribution >= 4 is 8.80 Å². The van der Waals surface area contributed by atoms with Crippen LogP contribution in [0.5, 0.6) is 5.75 Å². The maximum atomic E-state index is 5.89. The van der Waals surface area contributed by atoms with Crippen LogP contribution in [0.2, 0.25) is 6.04 Å². The number of rotatable bonds is 10. The highest BCUT2D eigenvalue weighted by molar-refractivity contribution is 6.60. The molecule has 0 N–H and O–H groups in total. The molecule has 0 fully saturated rings. The molecule has 5 heteroatoms. The van der Waals surface area contributed by atoms with Crippen molar-refractivity contribution in [3.05, 3.63) is 29.3 Å². The molecule has 21 heavy (non-hydrogen) atoms. The molecule has 0 saturated carbocycles. The van der Waals surface area contributed by atoms with Gasteiger partial charge in [0.2, 0.25) is 0 Å². The van der Waals surface area contributed by atoms with E-state index in [-0.39, 0.29) is 0 Å². The molecule has 0 atom stereocenters. The fourth-order valence-electron chi connectivity index (χ4n) is 2.44. The fraction of sp³-hybridized carbons (Fsp3) is 0.625. The van der Waals surface area contributed by atoms with E-state index in [2.05, 4.69) is 13.0 Å².